The fraction of sp³-hybridized carbons (Fsp3) is 0.440. The van der Waals surface area contributed by atoms with Gasteiger partial charge in [0.05, 0.1) is 36.1 Å². The van der Waals surface area contributed by atoms with Crippen LogP contribution in [0.3, 0.4) is 0 Å². The highest BCUT2D eigenvalue weighted by Crippen LogP contribution is 2.23. The van der Waals surface area contributed by atoms with Crippen molar-refractivity contribution in [1.29, 1.82) is 0 Å². The van der Waals surface area contributed by atoms with Crippen LogP contribution in [-0.2, 0) is 16.0 Å². The second-order valence-electron chi connectivity index (χ2n) is 9.38. The molecule has 1 fully saturated rings. The summed E-state index contributed by atoms with van der Waals surface area (Å²) in [5.74, 6) is 6.03. The third kappa shape index (κ3) is 6.37. The Labute approximate surface area is 194 Å². The lowest BCUT2D eigenvalue weighted by atomic mass is 9.91. The van der Waals surface area contributed by atoms with Gasteiger partial charge in [-0.15, -0.1) is 0 Å². The summed E-state index contributed by atoms with van der Waals surface area (Å²) >= 11 is 0. The minimum atomic E-state index is -0.325. The first-order valence-electron chi connectivity index (χ1n) is 11.3. The van der Waals surface area contributed by atoms with E-state index in [2.05, 4.69) is 52.8 Å². The molecule has 0 aliphatic carbocycles. The van der Waals surface area contributed by atoms with Crippen LogP contribution >= 0.6 is 0 Å². The van der Waals surface area contributed by atoms with Crippen molar-refractivity contribution in [1.82, 2.24) is 24.4 Å². The summed E-state index contributed by atoms with van der Waals surface area (Å²) < 4.78 is 7.23. The zero-order valence-corrected chi connectivity index (χ0v) is 19.5. The number of aromatic nitrogens is 4. The lowest BCUT2D eigenvalue weighted by molar-refractivity contribution is -0.111. The number of ether oxygens (including phenoxy) is 1. The zero-order valence-electron chi connectivity index (χ0n) is 19.5. The predicted molar refractivity (Wildman–Crippen MR) is 128 cm³/mol. The van der Waals surface area contributed by atoms with E-state index in [0.29, 0.717) is 17.9 Å². The van der Waals surface area contributed by atoms with Gasteiger partial charge in [0.25, 0.3) is 5.91 Å². The maximum absolute atomic E-state index is 12.3. The molecule has 1 aliphatic heterocycles. The summed E-state index contributed by atoms with van der Waals surface area (Å²) in [7, 11) is 0. The third-order valence-electron chi connectivity index (χ3n) is 5.29. The van der Waals surface area contributed by atoms with E-state index in [9.17, 15) is 4.79 Å². The van der Waals surface area contributed by atoms with Crippen molar-refractivity contribution in [2.75, 3.05) is 38.2 Å². The molecule has 1 aromatic carbocycles. The highest BCUT2D eigenvalue weighted by atomic mass is 16.5. The number of amides is 1. The van der Waals surface area contributed by atoms with Crippen LogP contribution in [0.1, 0.15) is 32.9 Å². The molecule has 0 bridgehead atoms. The van der Waals surface area contributed by atoms with Gasteiger partial charge in [-0.05, 0) is 36.0 Å². The second kappa shape index (κ2) is 10.1. The number of anilines is 1. The number of imidazole rings is 1. The van der Waals surface area contributed by atoms with Crippen LogP contribution in [0.5, 0.6) is 0 Å². The van der Waals surface area contributed by atoms with Gasteiger partial charge in [0, 0.05) is 37.9 Å². The summed E-state index contributed by atoms with van der Waals surface area (Å²) in [4.78, 5) is 28.2. The van der Waals surface area contributed by atoms with Crippen molar-refractivity contribution in [2.24, 2.45) is 5.41 Å². The minimum Gasteiger partial charge on any atom is -0.379 e. The van der Waals surface area contributed by atoms with E-state index in [0.717, 1.165) is 56.0 Å². The van der Waals surface area contributed by atoms with Crippen LogP contribution < -0.4 is 5.32 Å². The maximum atomic E-state index is 12.3. The van der Waals surface area contributed by atoms with Gasteiger partial charge < -0.3 is 10.1 Å². The van der Waals surface area contributed by atoms with Gasteiger partial charge in [-0.1, -0.05) is 26.7 Å². The summed E-state index contributed by atoms with van der Waals surface area (Å²) in [5.41, 5.74) is 3.36. The molecule has 0 radical (unpaired) electrons. The minimum absolute atomic E-state index is 0.116. The molecular weight excluding hydrogens is 416 g/mol. The number of carbonyl (C=O) groups is 1. The molecule has 1 saturated heterocycles. The molecule has 4 rings (SSSR count). The number of hydrogen-bond acceptors (Lipinski definition) is 6. The number of carbonyl (C=O) groups excluding carboxylic acids is 1. The first kappa shape index (κ1) is 22.9. The molecule has 3 aromatic rings. The van der Waals surface area contributed by atoms with Crippen molar-refractivity contribution in [3.63, 3.8) is 0 Å². The van der Waals surface area contributed by atoms with Crippen molar-refractivity contribution in [2.45, 2.75) is 33.6 Å². The highest BCUT2D eigenvalue weighted by Gasteiger charge is 2.14. The summed E-state index contributed by atoms with van der Waals surface area (Å²) in [6.07, 6.45) is 6.73. The van der Waals surface area contributed by atoms with Gasteiger partial charge in [0.1, 0.15) is 6.33 Å². The molecule has 0 spiro atoms. The smallest absolute Gasteiger partial charge is 0.300 e. The predicted octanol–water partition coefficient (Wildman–Crippen LogP) is 3.07. The molecular formula is C25H30N6O2. The molecule has 172 valence electrons. The van der Waals surface area contributed by atoms with E-state index in [1.165, 1.54) is 0 Å². The van der Waals surface area contributed by atoms with Gasteiger partial charge in [-0.25, -0.2) is 9.97 Å². The van der Waals surface area contributed by atoms with Gasteiger partial charge in [0.2, 0.25) is 0 Å². The summed E-state index contributed by atoms with van der Waals surface area (Å²) in [5, 5.41) is 2.86. The first-order chi connectivity index (χ1) is 15.9. The van der Waals surface area contributed by atoms with Crippen LogP contribution in [0.2, 0.25) is 0 Å². The van der Waals surface area contributed by atoms with Crippen LogP contribution in [0, 0.1) is 17.3 Å². The number of fused-ring (bicyclic) bond motifs is 1. The van der Waals surface area contributed by atoms with E-state index in [4.69, 9.17) is 9.72 Å². The topological polar surface area (TPSA) is 85.2 Å². The van der Waals surface area contributed by atoms with E-state index in [-0.39, 0.29) is 11.3 Å². The Hall–Kier alpha value is -3.28. The molecule has 0 atom stereocenters. The SMILES string of the molecule is CC(C)(C)Cc1cncc(-n2cnc3ccc(NC(=O)C#CCCN4CCOCC4)cc32)n1. The Morgan fingerprint density at radius 1 is 1.21 bits per heavy atom. The Bertz CT molecular complexity index is 1180. The largest absolute Gasteiger partial charge is 0.379 e. The molecule has 0 saturated carbocycles. The second-order valence-corrected chi connectivity index (χ2v) is 9.38. The monoisotopic (exact) mass is 446 g/mol. The maximum Gasteiger partial charge on any atom is 0.300 e. The van der Waals surface area contributed by atoms with E-state index in [1.54, 1.807) is 18.7 Å². The van der Waals surface area contributed by atoms with Gasteiger partial charge in [0.15, 0.2) is 5.82 Å². The average Bonchev–Trinajstić information content (AvgIpc) is 3.20. The van der Waals surface area contributed by atoms with Crippen molar-refractivity contribution in [3.8, 4) is 17.7 Å². The Morgan fingerprint density at radius 2 is 2.03 bits per heavy atom. The summed E-state index contributed by atoms with van der Waals surface area (Å²) in [6, 6.07) is 5.59. The lowest BCUT2D eigenvalue weighted by Crippen LogP contribution is -2.36. The molecule has 3 heterocycles. The van der Waals surface area contributed by atoms with Crippen LogP contribution in [0.4, 0.5) is 5.69 Å². The number of benzene rings is 1. The molecule has 2 aromatic heterocycles. The Balaban J connectivity index is 1.44. The fourth-order valence-corrected chi connectivity index (χ4v) is 3.75. The number of hydrogen-bond donors (Lipinski definition) is 1. The number of nitrogens with one attached hydrogen (secondary N) is 1. The Kier molecular flexibility index (Phi) is 7.02. The number of rotatable bonds is 5. The van der Waals surface area contributed by atoms with Gasteiger partial charge >= 0.3 is 0 Å². The van der Waals surface area contributed by atoms with Crippen LogP contribution in [0.25, 0.3) is 16.9 Å². The molecule has 8 heteroatoms. The lowest BCUT2D eigenvalue weighted by Gasteiger charge is -2.25. The van der Waals surface area contributed by atoms with Gasteiger partial charge in [-0.2, -0.15) is 0 Å². The molecule has 1 amide bonds. The molecule has 1 aliphatic rings. The number of morpholine rings is 1. The van der Waals surface area contributed by atoms with Gasteiger partial charge in [-0.3, -0.25) is 19.2 Å². The normalized spacial score (nSPS) is 14.6. The Morgan fingerprint density at radius 3 is 2.82 bits per heavy atom. The summed E-state index contributed by atoms with van der Waals surface area (Å²) in [6.45, 7) is 10.7. The van der Waals surface area contributed by atoms with E-state index in [1.807, 2.05) is 22.8 Å². The highest BCUT2D eigenvalue weighted by molar-refractivity contribution is 6.04. The zero-order chi connectivity index (χ0) is 23.3. The molecule has 33 heavy (non-hydrogen) atoms. The molecule has 1 N–H and O–H groups in total. The first-order valence-corrected chi connectivity index (χ1v) is 11.3. The molecule has 8 nitrogen and oxygen atoms in total. The van der Waals surface area contributed by atoms with Crippen LogP contribution in [0.15, 0.2) is 36.9 Å². The van der Waals surface area contributed by atoms with Crippen LogP contribution in [-0.4, -0.2) is 63.2 Å². The molecule has 0 unspecified atom stereocenters. The average molecular weight is 447 g/mol. The van der Waals surface area contributed by atoms with Crippen molar-refractivity contribution in [3.05, 3.63) is 42.6 Å². The fourth-order valence-electron chi connectivity index (χ4n) is 3.75. The van der Waals surface area contributed by atoms with Crippen molar-refractivity contribution < 1.29 is 9.53 Å². The van der Waals surface area contributed by atoms with E-state index >= 15 is 0 Å². The quantitative estimate of drug-likeness (QED) is 0.607. The van der Waals surface area contributed by atoms with Crippen molar-refractivity contribution >= 4 is 22.6 Å². The third-order valence-corrected chi connectivity index (χ3v) is 5.29. The standard InChI is InChI=1S/C25H30N6O2/c1-25(2,3)15-20-16-26-17-23(28-20)31-18-27-21-8-7-19(14-22(21)31)29-24(32)6-4-5-9-30-10-12-33-13-11-30/h7-8,14,16-18H,5,9-13,15H2,1-3H3,(H,29,32). The van der Waals surface area contributed by atoms with E-state index < -0.39 is 0 Å². The number of nitrogens with zero attached hydrogens (tertiary/aromatic N) is 5.